The van der Waals surface area contributed by atoms with E-state index in [1.165, 1.54) is 0 Å². The summed E-state index contributed by atoms with van der Waals surface area (Å²) in [7, 11) is 1.72. The molecule has 6 heteroatoms. The number of carboxylic acid groups (broad SMARTS) is 1. The maximum atomic E-state index is 12.0. The minimum absolute atomic E-state index is 0.0125. The zero-order valence-electron chi connectivity index (χ0n) is 11.6. The third-order valence-corrected chi connectivity index (χ3v) is 3.50. The number of halogens is 1. The number of aliphatic carboxylic acids is 1. The lowest BCUT2D eigenvalue weighted by molar-refractivity contribution is -0.138. The number of nitrogens with zero attached hydrogens (tertiary/aromatic N) is 1. The highest BCUT2D eigenvalue weighted by molar-refractivity contribution is 6.31. The Kier molecular flexibility index (Phi) is 6.48. The van der Waals surface area contributed by atoms with Crippen LogP contribution in [-0.2, 0) is 16.1 Å². The number of carbonyl (C=O) groups excluding carboxylic acids is 1. The van der Waals surface area contributed by atoms with E-state index < -0.39 is 12.0 Å². The van der Waals surface area contributed by atoms with E-state index in [9.17, 15) is 9.59 Å². The second-order valence-corrected chi connectivity index (χ2v) is 5.02. The maximum absolute atomic E-state index is 12.0. The fourth-order valence-electron chi connectivity index (χ4n) is 1.64. The molecule has 1 amide bonds. The number of rotatable bonds is 7. The first-order valence-electron chi connectivity index (χ1n) is 6.35. The lowest BCUT2D eigenvalue weighted by Crippen LogP contribution is -2.43. The Hall–Kier alpha value is -1.59. The molecule has 20 heavy (non-hydrogen) atoms. The molecular weight excluding hydrogens is 280 g/mol. The predicted molar refractivity (Wildman–Crippen MR) is 77.6 cm³/mol. The summed E-state index contributed by atoms with van der Waals surface area (Å²) in [5.41, 5.74) is 0.850. The maximum Gasteiger partial charge on any atom is 0.304 e. The molecule has 0 radical (unpaired) electrons. The van der Waals surface area contributed by atoms with Crippen molar-refractivity contribution in [2.24, 2.45) is 0 Å². The molecule has 0 bridgehead atoms. The molecule has 0 aliphatic carbocycles. The number of hydrogen-bond donors (Lipinski definition) is 2. The summed E-state index contributed by atoms with van der Waals surface area (Å²) in [6.07, 6.45) is 0.0125. The SMILES string of the molecule is CC(C(=O)NCc1ccccc1Cl)N(C)CCC(=O)O. The van der Waals surface area contributed by atoms with Gasteiger partial charge in [-0.3, -0.25) is 14.5 Å². The standard InChI is InChI=1S/C14H19ClN2O3/c1-10(17(2)8-7-13(18)19)14(20)16-9-11-5-3-4-6-12(11)15/h3-6,10H,7-9H2,1-2H3,(H,16,20)(H,18,19). The Balaban J connectivity index is 2.46. The van der Waals surface area contributed by atoms with Crippen LogP contribution in [0.3, 0.4) is 0 Å². The van der Waals surface area contributed by atoms with Gasteiger partial charge in [0, 0.05) is 18.1 Å². The van der Waals surface area contributed by atoms with Crippen molar-refractivity contribution in [1.82, 2.24) is 10.2 Å². The van der Waals surface area contributed by atoms with Gasteiger partial charge in [0.1, 0.15) is 0 Å². The Morgan fingerprint density at radius 2 is 2.05 bits per heavy atom. The molecule has 0 heterocycles. The van der Waals surface area contributed by atoms with Crippen LogP contribution in [0.15, 0.2) is 24.3 Å². The highest BCUT2D eigenvalue weighted by Crippen LogP contribution is 2.14. The van der Waals surface area contributed by atoms with Gasteiger partial charge < -0.3 is 10.4 Å². The number of likely N-dealkylation sites (N-methyl/N-ethyl adjacent to an activating group) is 1. The number of hydrogen-bond acceptors (Lipinski definition) is 3. The zero-order chi connectivity index (χ0) is 15.1. The molecule has 1 unspecified atom stereocenters. The van der Waals surface area contributed by atoms with Gasteiger partial charge in [-0.25, -0.2) is 0 Å². The number of carboxylic acids is 1. The van der Waals surface area contributed by atoms with Crippen LogP contribution in [0.4, 0.5) is 0 Å². The molecule has 0 aromatic heterocycles. The van der Waals surface area contributed by atoms with Crippen molar-refractivity contribution in [2.45, 2.75) is 25.9 Å². The van der Waals surface area contributed by atoms with Crippen molar-refractivity contribution in [1.29, 1.82) is 0 Å². The van der Waals surface area contributed by atoms with Crippen molar-refractivity contribution in [2.75, 3.05) is 13.6 Å². The summed E-state index contributed by atoms with van der Waals surface area (Å²) >= 11 is 6.01. The minimum Gasteiger partial charge on any atom is -0.481 e. The first-order chi connectivity index (χ1) is 9.41. The Bertz CT molecular complexity index is 479. The van der Waals surface area contributed by atoms with E-state index in [0.717, 1.165) is 5.56 Å². The van der Waals surface area contributed by atoms with E-state index in [1.807, 2.05) is 18.2 Å². The third-order valence-electron chi connectivity index (χ3n) is 3.13. The number of carbonyl (C=O) groups is 2. The second-order valence-electron chi connectivity index (χ2n) is 4.61. The quantitative estimate of drug-likeness (QED) is 0.804. The van der Waals surface area contributed by atoms with E-state index in [1.54, 1.807) is 24.9 Å². The fourth-order valence-corrected chi connectivity index (χ4v) is 1.84. The summed E-state index contributed by atoms with van der Waals surface area (Å²) in [6, 6.07) is 6.91. The smallest absolute Gasteiger partial charge is 0.304 e. The molecule has 0 saturated heterocycles. The van der Waals surface area contributed by atoms with Crippen molar-refractivity contribution < 1.29 is 14.7 Å². The summed E-state index contributed by atoms with van der Waals surface area (Å²) in [4.78, 5) is 24.2. The van der Waals surface area contributed by atoms with Crippen LogP contribution in [0.1, 0.15) is 18.9 Å². The summed E-state index contributed by atoms with van der Waals surface area (Å²) in [5.74, 6) is -1.03. The van der Waals surface area contributed by atoms with Crippen LogP contribution in [0.2, 0.25) is 5.02 Å². The lowest BCUT2D eigenvalue weighted by Gasteiger charge is -2.23. The van der Waals surface area contributed by atoms with Crippen molar-refractivity contribution >= 4 is 23.5 Å². The monoisotopic (exact) mass is 298 g/mol. The molecule has 1 atom stereocenters. The Labute approximate surface area is 123 Å². The molecule has 1 aromatic carbocycles. The van der Waals surface area contributed by atoms with Gasteiger partial charge in [-0.05, 0) is 25.6 Å². The first kappa shape index (κ1) is 16.5. The van der Waals surface area contributed by atoms with Crippen LogP contribution < -0.4 is 5.32 Å². The molecule has 1 rings (SSSR count). The molecule has 0 fully saturated rings. The molecule has 5 nitrogen and oxygen atoms in total. The molecule has 0 aliphatic heterocycles. The van der Waals surface area contributed by atoms with E-state index in [2.05, 4.69) is 5.32 Å². The zero-order valence-corrected chi connectivity index (χ0v) is 12.4. The molecule has 1 aromatic rings. The fraction of sp³-hybridized carbons (Fsp3) is 0.429. The van der Waals surface area contributed by atoms with Gasteiger partial charge in [0.25, 0.3) is 0 Å². The number of benzene rings is 1. The molecule has 0 saturated carbocycles. The van der Waals surface area contributed by atoms with Gasteiger partial charge in [-0.1, -0.05) is 29.8 Å². The van der Waals surface area contributed by atoms with Crippen LogP contribution >= 0.6 is 11.6 Å². The average molecular weight is 299 g/mol. The molecular formula is C14H19ClN2O3. The van der Waals surface area contributed by atoms with Gasteiger partial charge in [0.2, 0.25) is 5.91 Å². The largest absolute Gasteiger partial charge is 0.481 e. The van der Waals surface area contributed by atoms with Crippen LogP contribution in [0.25, 0.3) is 0 Å². The van der Waals surface area contributed by atoms with Crippen molar-refractivity contribution in [3.05, 3.63) is 34.9 Å². The van der Waals surface area contributed by atoms with Gasteiger partial charge >= 0.3 is 5.97 Å². The lowest BCUT2D eigenvalue weighted by atomic mass is 10.2. The van der Waals surface area contributed by atoms with Crippen LogP contribution in [0.5, 0.6) is 0 Å². The van der Waals surface area contributed by atoms with Crippen molar-refractivity contribution in [3.8, 4) is 0 Å². The summed E-state index contributed by atoms with van der Waals surface area (Å²) < 4.78 is 0. The molecule has 2 N–H and O–H groups in total. The first-order valence-corrected chi connectivity index (χ1v) is 6.72. The van der Waals surface area contributed by atoms with Crippen molar-refractivity contribution in [3.63, 3.8) is 0 Å². The van der Waals surface area contributed by atoms with E-state index in [-0.39, 0.29) is 12.3 Å². The molecule has 110 valence electrons. The normalized spacial score (nSPS) is 12.2. The van der Waals surface area contributed by atoms with Crippen LogP contribution in [-0.4, -0.2) is 41.5 Å². The van der Waals surface area contributed by atoms with Gasteiger partial charge in [-0.15, -0.1) is 0 Å². The summed E-state index contributed by atoms with van der Waals surface area (Å²) in [5, 5.41) is 12.0. The number of nitrogens with one attached hydrogen (secondary N) is 1. The van der Waals surface area contributed by atoms with E-state index in [4.69, 9.17) is 16.7 Å². The van der Waals surface area contributed by atoms with E-state index >= 15 is 0 Å². The predicted octanol–water partition coefficient (Wildman–Crippen LogP) is 1.75. The highest BCUT2D eigenvalue weighted by Gasteiger charge is 2.18. The van der Waals surface area contributed by atoms with Crippen LogP contribution in [0, 0.1) is 0 Å². The second kappa shape index (κ2) is 7.87. The Morgan fingerprint density at radius 3 is 2.65 bits per heavy atom. The topological polar surface area (TPSA) is 69.6 Å². The third kappa shape index (κ3) is 5.19. The number of amides is 1. The molecule has 0 aliphatic rings. The van der Waals surface area contributed by atoms with Gasteiger partial charge in [0.05, 0.1) is 12.5 Å². The summed E-state index contributed by atoms with van der Waals surface area (Å²) in [6.45, 7) is 2.43. The van der Waals surface area contributed by atoms with E-state index in [0.29, 0.717) is 18.1 Å². The Morgan fingerprint density at radius 1 is 1.40 bits per heavy atom. The highest BCUT2D eigenvalue weighted by atomic mass is 35.5. The minimum atomic E-state index is -0.875. The average Bonchev–Trinajstić information content (AvgIpc) is 2.42. The molecule has 0 spiro atoms. The van der Waals surface area contributed by atoms with Gasteiger partial charge in [-0.2, -0.15) is 0 Å². The van der Waals surface area contributed by atoms with Gasteiger partial charge in [0.15, 0.2) is 0 Å².